The molecule has 0 amide bonds. The average Bonchev–Trinajstić information content (AvgIpc) is 2.08. The predicted molar refractivity (Wildman–Crippen MR) is 49.9 cm³/mol. The lowest BCUT2D eigenvalue weighted by Crippen LogP contribution is -2.13. The van der Waals surface area contributed by atoms with Gasteiger partial charge in [0.2, 0.25) is 5.78 Å². The molecule has 13 heavy (non-hydrogen) atoms. The van der Waals surface area contributed by atoms with Gasteiger partial charge in [0.25, 0.3) is 0 Å². The highest BCUT2D eigenvalue weighted by atomic mass is 32.2. The standard InChI is InChI=1S/C9H10F2OS/c1-5-3-7(8(12)9(10)11)13-4-6(5)2/h3,9H,4H2,1-2H3. The second-order valence-corrected chi connectivity index (χ2v) is 3.94. The van der Waals surface area contributed by atoms with Gasteiger partial charge in [0.1, 0.15) is 0 Å². The maximum atomic E-state index is 12.0. The molecule has 1 aliphatic heterocycles. The summed E-state index contributed by atoms with van der Waals surface area (Å²) in [6, 6.07) is 0. The Hall–Kier alpha value is -0.640. The third-order valence-electron chi connectivity index (χ3n) is 1.91. The largest absolute Gasteiger partial charge is 0.301 e. The van der Waals surface area contributed by atoms with Crippen molar-refractivity contribution in [2.75, 3.05) is 5.75 Å². The monoisotopic (exact) mass is 204 g/mol. The predicted octanol–water partition coefficient (Wildman–Crippen LogP) is 2.79. The van der Waals surface area contributed by atoms with Gasteiger partial charge >= 0.3 is 6.43 Å². The number of Topliss-reactive ketones (excluding diaryl/α,β-unsaturated/α-hetero) is 1. The van der Waals surface area contributed by atoms with Crippen LogP contribution < -0.4 is 0 Å². The van der Waals surface area contributed by atoms with Crippen molar-refractivity contribution in [1.29, 1.82) is 0 Å². The summed E-state index contributed by atoms with van der Waals surface area (Å²) < 4.78 is 24.0. The van der Waals surface area contributed by atoms with Gasteiger partial charge in [-0.25, -0.2) is 8.78 Å². The average molecular weight is 204 g/mol. The number of hydrogen-bond donors (Lipinski definition) is 0. The van der Waals surface area contributed by atoms with E-state index in [1.807, 2.05) is 13.8 Å². The van der Waals surface area contributed by atoms with Crippen LogP contribution in [0.25, 0.3) is 0 Å². The number of halogens is 2. The molecular formula is C9H10F2OS. The Morgan fingerprint density at radius 1 is 1.54 bits per heavy atom. The molecule has 0 N–H and O–H groups in total. The first-order valence-corrected chi connectivity index (χ1v) is 4.84. The van der Waals surface area contributed by atoms with E-state index in [-0.39, 0.29) is 4.91 Å². The molecule has 4 heteroatoms. The van der Waals surface area contributed by atoms with Gasteiger partial charge in [-0.05, 0) is 19.9 Å². The molecule has 1 nitrogen and oxygen atoms in total. The number of alkyl halides is 2. The van der Waals surface area contributed by atoms with Crippen molar-refractivity contribution in [3.05, 3.63) is 22.1 Å². The molecule has 0 aromatic carbocycles. The van der Waals surface area contributed by atoms with Crippen LogP contribution in [0.15, 0.2) is 22.1 Å². The zero-order chi connectivity index (χ0) is 10.0. The maximum absolute atomic E-state index is 12.0. The molecule has 0 saturated carbocycles. The summed E-state index contributed by atoms with van der Waals surface area (Å²) in [4.78, 5) is 11.1. The van der Waals surface area contributed by atoms with Crippen molar-refractivity contribution in [3.8, 4) is 0 Å². The number of ketones is 1. The summed E-state index contributed by atoms with van der Waals surface area (Å²) in [6.07, 6.45) is -1.34. The van der Waals surface area contributed by atoms with E-state index >= 15 is 0 Å². The highest BCUT2D eigenvalue weighted by molar-refractivity contribution is 8.04. The smallest absolute Gasteiger partial charge is 0.287 e. The summed E-state index contributed by atoms with van der Waals surface area (Å²) in [7, 11) is 0. The summed E-state index contributed by atoms with van der Waals surface area (Å²) in [5.41, 5.74) is 2.05. The number of rotatable bonds is 2. The first-order valence-electron chi connectivity index (χ1n) is 3.85. The highest BCUT2D eigenvalue weighted by Crippen LogP contribution is 2.29. The molecule has 0 spiro atoms. The Kier molecular flexibility index (Phi) is 3.25. The van der Waals surface area contributed by atoms with Crippen LogP contribution in [0.2, 0.25) is 0 Å². The van der Waals surface area contributed by atoms with E-state index in [2.05, 4.69) is 0 Å². The lowest BCUT2D eigenvalue weighted by atomic mass is 10.1. The zero-order valence-corrected chi connectivity index (χ0v) is 8.25. The molecule has 0 aromatic rings. The molecule has 0 radical (unpaired) electrons. The molecule has 1 heterocycles. The zero-order valence-electron chi connectivity index (χ0n) is 7.43. The summed E-state index contributed by atoms with van der Waals surface area (Å²) in [5.74, 6) is -0.423. The molecule has 0 saturated heterocycles. The minimum Gasteiger partial charge on any atom is -0.287 e. The van der Waals surface area contributed by atoms with Crippen LogP contribution in [-0.2, 0) is 4.79 Å². The third-order valence-corrected chi connectivity index (χ3v) is 3.11. The molecule has 1 rings (SSSR count). The first kappa shape index (κ1) is 10.4. The Labute approximate surface area is 79.9 Å². The summed E-state index contributed by atoms with van der Waals surface area (Å²) in [5, 5.41) is 0. The van der Waals surface area contributed by atoms with Gasteiger partial charge in [0.05, 0.1) is 4.91 Å². The van der Waals surface area contributed by atoms with E-state index in [0.717, 1.165) is 11.1 Å². The first-order chi connectivity index (χ1) is 6.02. The fraction of sp³-hybridized carbons (Fsp3) is 0.444. The molecule has 0 aliphatic carbocycles. The van der Waals surface area contributed by atoms with Gasteiger partial charge in [-0.15, -0.1) is 11.8 Å². The van der Waals surface area contributed by atoms with Gasteiger partial charge in [0, 0.05) is 5.75 Å². The van der Waals surface area contributed by atoms with E-state index in [1.165, 1.54) is 17.8 Å². The van der Waals surface area contributed by atoms with Crippen LogP contribution in [0.5, 0.6) is 0 Å². The molecule has 0 aromatic heterocycles. The molecule has 1 aliphatic rings. The highest BCUT2D eigenvalue weighted by Gasteiger charge is 2.22. The number of hydrogen-bond acceptors (Lipinski definition) is 2. The lowest BCUT2D eigenvalue weighted by molar-refractivity contribution is -0.124. The van der Waals surface area contributed by atoms with E-state index < -0.39 is 12.2 Å². The second kappa shape index (κ2) is 4.05. The van der Waals surface area contributed by atoms with E-state index in [0.29, 0.717) is 5.75 Å². The Morgan fingerprint density at radius 2 is 2.15 bits per heavy atom. The van der Waals surface area contributed by atoms with E-state index in [1.54, 1.807) is 0 Å². The number of thioether (sulfide) groups is 1. The normalized spacial score (nSPS) is 17.8. The Morgan fingerprint density at radius 3 is 2.62 bits per heavy atom. The topological polar surface area (TPSA) is 17.1 Å². The fourth-order valence-corrected chi connectivity index (χ4v) is 2.00. The van der Waals surface area contributed by atoms with Gasteiger partial charge in [-0.3, -0.25) is 4.79 Å². The molecular weight excluding hydrogens is 194 g/mol. The minimum atomic E-state index is -2.88. The Bertz CT molecular complexity index is 292. The summed E-state index contributed by atoms with van der Waals surface area (Å²) in [6.45, 7) is 3.76. The number of allylic oxidation sites excluding steroid dienone is 3. The quantitative estimate of drug-likeness (QED) is 0.688. The Balaban J connectivity index is 2.85. The van der Waals surface area contributed by atoms with Gasteiger partial charge in [-0.2, -0.15) is 0 Å². The number of carbonyl (C=O) groups is 1. The van der Waals surface area contributed by atoms with Crippen LogP contribution in [-0.4, -0.2) is 18.0 Å². The molecule has 72 valence electrons. The SMILES string of the molecule is CC1=C(C)CSC(C(=O)C(F)F)=C1. The molecule has 0 fully saturated rings. The van der Waals surface area contributed by atoms with Crippen LogP contribution in [0, 0.1) is 0 Å². The van der Waals surface area contributed by atoms with Crippen LogP contribution in [0.4, 0.5) is 8.78 Å². The fourth-order valence-electron chi connectivity index (χ4n) is 0.911. The van der Waals surface area contributed by atoms with Crippen molar-refractivity contribution in [3.63, 3.8) is 0 Å². The minimum absolute atomic E-state index is 0.179. The van der Waals surface area contributed by atoms with Gasteiger partial charge in [-0.1, -0.05) is 11.1 Å². The molecule has 0 atom stereocenters. The summed E-state index contributed by atoms with van der Waals surface area (Å²) >= 11 is 1.19. The van der Waals surface area contributed by atoms with Crippen molar-refractivity contribution in [2.24, 2.45) is 0 Å². The second-order valence-electron chi connectivity index (χ2n) is 2.93. The number of carbonyl (C=O) groups excluding carboxylic acids is 1. The van der Waals surface area contributed by atoms with Crippen LogP contribution in [0.3, 0.4) is 0 Å². The van der Waals surface area contributed by atoms with Crippen LogP contribution in [0.1, 0.15) is 13.8 Å². The molecule has 0 unspecified atom stereocenters. The molecule has 0 bridgehead atoms. The van der Waals surface area contributed by atoms with Crippen molar-refractivity contribution < 1.29 is 13.6 Å². The van der Waals surface area contributed by atoms with Crippen molar-refractivity contribution >= 4 is 17.5 Å². The van der Waals surface area contributed by atoms with Crippen molar-refractivity contribution in [1.82, 2.24) is 0 Å². The van der Waals surface area contributed by atoms with Gasteiger partial charge in [0.15, 0.2) is 0 Å². The third kappa shape index (κ3) is 2.40. The van der Waals surface area contributed by atoms with Crippen molar-refractivity contribution in [2.45, 2.75) is 20.3 Å². The lowest BCUT2D eigenvalue weighted by Gasteiger charge is -2.13. The van der Waals surface area contributed by atoms with Gasteiger partial charge < -0.3 is 0 Å². The van der Waals surface area contributed by atoms with Crippen LogP contribution >= 0.6 is 11.8 Å². The van der Waals surface area contributed by atoms with E-state index in [9.17, 15) is 13.6 Å². The maximum Gasteiger partial charge on any atom is 0.301 e. The van der Waals surface area contributed by atoms with E-state index in [4.69, 9.17) is 0 Å².